The Balaban J connectivity index is 0.00000208. The summed E-state index contributed by atoms with van der Waals surface area (Å²) in [6.07, 6.45) is 6.42. The van der Waals surface area contributed by atoms with Gasteiger partial charge in [-0.05, 0) is 55.7 Å². The largest absolute Gasteiger partial charge is 0.496 e. The summed E-state index contributed by atoms with van der Waals surface area (Å²) in [6.45, 7) is 2.62. The van der Waals surface area contributed by atoms with Gasteiger partial charge in [-0.3, -0.25) is 4.79 Å². The molecule has 3 N–H and O–H groups in total. The average Bonchev–Trinajstić information content (AvgIpc) is 3.30. The van der Waals surface area contributed by atoms with Crippen molar-refractivity contribution in [2.24, 2.45) is 11.7 Å². The van der Waals surface area contributed by atoms with E-state index in [0.717, 1.165) is 42.6 Å². The summed E-state index contributed by atoms with van der Waals surface area (Å²) in [7, 11) is 1.68. The number of halogens is 1. The number of carbonyl (C=O) groups is 1. The third-order valence-corrected chi connectivity index (χ3v) is 5.58. The Kier molecular flexibility index (Phi) is 6.16. The molecule has 2 aliphatic carbocycles. The Bertz CT molecular complexity index is 581. The van der Waals surface area contributed by atoms with Gasteiger partial charge in [-0.2, -0.15) is 0 Å². The molecule has 24 heavy (non-hydrogen) atoms. The molecule has 1 aromatic carbocycles. The lowest BCUT2D eigenvalue weighted by atomic mass is 9.77. The van der Waals surface area contributed by atoms with Crippen LogP contribution in [0.2, 0.25) is 0 Å². The molecule has 134 valence electrons. The van der Waals surface area contributed by atoms with Crippen LogP contribution in [-0.4, -0.2) is 25.6 Å². The summed E-state index contributed by atoms with van der Waals surface area (Å²) < 4.78 is 5.46. The molecule has 5 heteroatoms. The fourth-order valence-corrected chi connectivity index (χ4v) is 3.81. The number of ether oxygens (including phenoxy) is 1. The van der Waals surface area contributed by atoms with Crippen LogP contribution in [0.1, 0.15) is 49.7 Å². The van der Waals surface area contributed by atoms with E-state index >= 15 is 0 Å². The SMILES string of the molecule is COc1cc(C2(C(=O)NCC(N)C3CC3)CCCC2)ccc1C.Cl. The van der Waals surface area contributed by atoms with Crippen LogP contribution >= 0.6 is 12.4 Å². The molecule has 0 spiro atoms. The lowest BCUT2D eigenvalue weighted by Gasteiger charge is -2.29. The molecule has 0 aromatic heterocycles. The van der Waals surface area contributed by atoms with Crippen LogP contribution in [0.4, 0.5) is 0 Å². The highest BCUT2D eigenvalue weighted by molar-refractivity contribution is 5.88. The van der Waals surface area contributed by atoms with Crippen molar-refractivity contribution in [2.75, 3.05) is 13.7 Å². The minimum Gasteiger partial charge on any atom is -0.496 e. The summed E-state index contributed by atoms with van der Waals surface area (Å²) in [6, 6.07) is 6.28. The van der Waals surface area contributed by atoms with Gasteiger partial charge >= 0.3 is 0 Å². The summed E-state index contributed by atoms with van der Waals surface area (Å²) in [5.74, 6) is 1.60. The van der Waals surface area contributed by atoms with Crippen LogP contribution in [0.5, 0.6) is 5.75 Å². The normalized spacial score (nSPS) is 20.1. The van der Waals surface area contributed by atoms with Crippen molar-refractivity contribution in [1.82, 2.24) is 5.32 Å². The van der Waals surface area contributed by atoms with Gasteiger partial charge in [-0.15, -0.1) is 12.4 Å². The van der Waals surface area contributed by atoms with E-state index in [0.29, 0.717) is 12.5 Å². The quantitative estimate of drug-likeness (QED) is 0.826. The van der Waals surface area contributed by atoms with Gasteiger partial charge in [-0.1, -0.05) is 25.0 Å². The second-order valence-electron chi connectivity index (χ2n) is 7.18. The molecule has 1 amide bonds. The van der Waals surface area contributed by atoms with E-state index in [-0.39, 0.29) is 24.4 Å². The Morgan fingerprint density at radius 2 is 2.04 bits per heavy atom. The van der Waals surface area contributed by atoms with Gasteiger partial charge in [0.15, 0.2) is 0 Å². The molecule has 1 unspecified atom stereocenters. The second-order valence-corrected chi connectivity index (χ2v) is 7.18. The lowest BCUT2D eigenvalue weighted by molar-refractivity contribution is -0.126. The highest BCUT2D eigenvalue weighted by Crippen LogP contribution is 2.43. The van der Waals surface area contributed by atoms with Gasteiger partial charge in [0.05, 0.1) is 12.5 Å². The van der Waals surface area contributed by atoms with Crippen molar-refractivity contribution in [1.29, 1.82) is 0 Å². The van der Waals surface area contributed by atoms with Gasteiger partial charge < -0.3 is 15.8 Å². The third-order valence-electron chi connectivity index (χ3n) is 5.58. The monoisotopic (exact) mass is 352 g/mol. The maximum Gasteiger partial charge on any atom is 0.230 e. The standard InChI is InChI=1S/C19H28N2O2.ClH/c1-13-5-8-15(11-17(13)23-2)19(9-3-4-10-19)18(22)21-12-16(20)14-6-7-14;/h5,8,11,14,16H,3-4,6-7,9-10,12,20H2,1-2H3,(H,21,22);1H. The molecule has 0 bridgehead atoms. The molecule has 0 aliphatic heterocycles. The summed E-state index contributed by atoms with van der Waals surface area (Å²) in [5, 5.41) is 3.13. The van der Waals surface area contributed by atoms with E-state index in [1.165, 1.54) is 12.8 Å². The number of nitrogens with two attached hydrogens (primary N) is 1. The Labute approximate surface area is 150 Å². The van der Waals surface area contributed by atoms with Gasteiger partial charge in [-0.25, -0.2) is 0 Å². The molecule has 3 rings (SSSR count). The third kappa shape index (κ3) is 3.70. The number of carbonyl (C=O) groups excluding carboxylic acids is 1. The fourth-order valence-electron chi connectivity index (χ4n) is 3.81. The first-order valence-corrected chi connectivity index (χ1v) is 8.76. The summed E-state index contributed by atoms with van der Waals surface area (Å²) in [4.78, 5) is 13.0. The van der Waals surface area contributed by atoms with Crippen LogP contribution in [0, 0.1) is 12.8 Å². The van der Waals surface area contributed by atoms with Crippen LogP contribution in [0.25, 0.3) is 0 Å². The van der Waals surface area contributed by atoms with Crippen LogP contribution in [0.3, 0.4) is 0 Å². The van der Waals surface area contributed by atoms with Crippen molar-refractivity contribution in [3.05, 3.63) is 29.3 Å². The van der Waals surface area contributed by atoms with Crippen molar-refractivity contribution >= 4 is 18.3 Å². The molecule has 0 heterocycles. The topological polar surface area (TPSA) is 64.3 Å². The smallest absolute Gasteiger partial charge is 0.230 e. The van der Waals surface area contributed by atoms with Crippen molar-refractivity contribution in [3.8, 4) is 5.75 Å². The molecular weight excluding hydrogens is 324 g/mol. The molecule has 0 radical (unpaired) electrons. The predicted octanol–water partition coefficient (Wildman–Crippen LogP) is 3.09. The average molecular weight is 353 g/mol. The van der Waals surface area contributed by atoms with Crippen molar-refractivity contribution in [3.63, 3.8) is 0 Å². The van der Waals surface area contributed by atoms with Crippen LogP contribution < -0.4 is 15.8 Å². The molecule has 2 fully saturated rings. The van der Waals surface area contributed by atoms with Crippen molar-refractivity contribution in [2.45, 2.75) is 56.9 Å². The molecule has 1 atom stereocenters. The van der Waals surface area contributed by atoms with Gasteiger partial charge in [0.25, 0.3) is 0 Å². The maximum absolute atomic E-state index is 13.0. The Morgan fingerprint density at radius 1 is 1.38 bits per heavy atom. The highest BCUT2D eigenvalue weighted by atomic mass is 35.5. The van der Waals surface area contributed by atoms with Gasteiger partial charge in [0.2, 0.25) is 5.91 Å². The zero-order valence-corrected chi connectivity index (χ0v) is 15.5. The zero-order valence-electron chi connectivity index (χ0n) is 14.6. The fraction of sp³-hybridized carbons (Fsp3) is 0.632. The van der Waals surface area contributed by atoms with E-state index in [1.54, 1.807) is 7.11 Å². The first kappa shape index (κ1) is 19.1. The minimum absolute atomic E-state index is 0. The number of rotatable bonds is 6. The Morgan fingerprint density at radius 3 is 2.62 bits per heavy atom. The summed E-state index contributed by atoms with van der Waals surface area (Å²) in [5.41, 5.74) is 7.90. The van der Waals surface area contributed by atoms with Crippen molar-refractivity contribution < 1.29 is 9.53 Å². The number of benzene rings is 1. The molecule has 1 aromatic rings. The summed E-state index contributed by atoms with van der Waals surface area (Å²) >= 11 is 0. The number of nitrogens with one attached hydrogen (secondary N) is 1. The number of amides is 1. The van der Waals surface area contributed by atoms with Crippen LogP contribution in [-0.2, 0) is 10.2 Å². The maximum atomic E-state index is 13.0. The molecule has 2 aliphatic rings. The first-order valence-electron chi connectivity index (χ1n) is 8.76. The second kappa shape index (κ2) is 7.75. The molecule has 2 saturated carbocycles. The van der Waals surface area contributed by atoms with E-state index in [2.05, 4.69) is 17.4 Å². The first-order chi connectivity index (χ1) is 11.1. The number of methoxy groups -OCH3 is 1. The number of hydrogen-bond donors (Lipinski definition) is 2. The molecule has 4 nitrogen and oxygen atoms in total. The number of hydrogen-bond acceptors (Lipinski definition) is 3. The molecular formula is C19H29ClN2O2. The number of aryl methyl sites for hydroxylation is 1. The molecule has 0 saturated heterocycles. The van der Waals surface area contributed by atoms with E-state index in [4.69, 9.17) is 10.5 Å². The zero-order chi connectivity index (χ0) is 16.4. The predicted molar refractivity (Wildman–Crippen MR) is 98.8 cm³/mol. The van der Waals surface area contributed by atoms with Gasteiger partial charge in [0.1, 0.15) is 5.75 Å². The van der Waals surface area contributed by atoms with E-state index in [9.17, 15) is 4.79 Å². The highest BCUT2D eigenvalue weighted by Gasteiger charge is 2.43. The van der Waals surface area contributed by atoms with E-state index in [1.807, 2.05) is 13.0 Å². The lowest BCUT2D eigenvalue weighted by Crippen LogP contribution is -2.47. The van der Waals surface area contributed by atoms with Gasteiger partial charge in [0, 0.05) is 12.6 Å². The van der Waals surface area contributed by atoms with Crippen LogP contribution in [0.15, 0.2) is 18.2 Å². The minimum atomic E-state index is -0.412. The Hall–Kier alpha value is -1.26. The van der Waals surface area contributed by atoms with E-state index < -0.39 is 5.41 Å².